The highest BCUT2D eigenvalue weighted by molar-refractivity contribution is 7.89. The second kappa shape index (κ2) is 7.27. The monoisotopic (exact) mass is 390 g/mol. The maximum absolute atomic E-state index is 14.0. The van der Waals surface area contributed by atoms with Crippen LogP contribution in [0.5, 0.6) is 0 Å². The molecule has 0 saturated carbocycles. The largest absolute Gasteiger partial charge is 0.399 e. The molecule has 1 unspecified atom stereocenters. The van der Waals surface area contributed by atoms with Crippen molar-refractivity contribution in [3.8, 4) is 0 Å². The van der Waals surface area contributed by atoms with E-state index in [4.69, 9.17) is 17.3 Å². The Morgan fingerprint density at radius 3 is 2.75 bits per heavy atom. The average molecular weight is 391 g/mol. The van der Waals surface area contributed by atoms with E-state index >= 15 is 0 Å². The van der Waals surface area contributed by atoms with Crippen LogP contribution in [-0.4, -0.2) is 8.42 Å². The van der Waals surface area contributed by atoms with Gasteiger partial charge in [0.15, 0.2) is 5.82 Å². The second-order valence-electron chi connectivity index (χ2n) is 5.58. The minimum atomic E-state index is -4.01. The van der Waals surface area contributed by atoms with Crippen molar-refractivity contribution in [2.45, 2.75) is 30.2 Å². The number of nitrogens with two attached hydrogens (primary N) is 1. The van der Waals surface area contributed by atoms with Crippen LogP contribution in [0.25, 0.3) is 0 Å². The fraction of sp³-hybridized carbons (Fsp3) is 0.250. The fourth-order valence-corrected chi connectivity index (χ4v) is 4.48. The summed E-state index contributed by atoms with van der Waals surface area (Å²) >= 11 is 5.68. The Hall–Kier alpha value is -1.34. The lowest BCUT2D eigenvalue weighted by Crippen LogP contribution is -2.31. The molecule has 0 amide bonds. The second-order valence-corrected chi connectivity index (χ2v) is 7.67. The Labute approximate surface area is 151 Å². The summed E-state index contributed by atoms with van der Waals surface area (Å²) in [5.74, 6) is -0.935. The molecule has 2 aromatic rings. The van der Waals surface area contributed by atoms with E-state index in [9.17, 15) is 12.8 Å². The Balaban J connectivity index is 0.00000208. The number of benzene rings is 2. The van der Waals surface area contributed by atoms with E-state index in [1.165, 1.54) is 18.2 Å². The molecule has 1 atom stereocenters. The minimum absolute atomic E-state index is 0. The van der Waals surface area contributed by atoms with Gasteiger partial charge in [-0.3, -0.25) is 0 Å². The van der Waals surface area contributed by atoms with Crippen LogP contribution in [0.3, 0.4) is 0 Å². The zero-order chi connectivity index (χ0) is 16.6. The molecule has 0 saturated heterocycles. The number of hydrogen-bond donors (Lipinski definition) is 2. The topological polar surface area (TPSA) is 72.2 Å². The number of aryl methyl sites for hydroxylation is 1. The summed E-state index contributed by atoms with van der Waals surface area (Å²) in [5.41, 5.74) is 8.33. The lowest BCUT2D eigenvalue weighted by Gasteiger charge is -2.26. The highest BCUT2D eigenvalue weighted by Crippen LogP contribution is 2.32. The molecule has 3 rings (SSSR count). The van der Waals surface area contributed by atoms with Gasteiger partial charge in [0.2, 0.25) is 10.0 Å². The smallest absolute Gasteiger partial charge is 0.244 e. The van der Waals surface area contributed by atoms with Crippen molar-refractivity contribution < 1.29 is 12.8 Å². The van der Waals surface area contributed by atoms with Gasteiger partial charge in [-0.15, -0.1) is 12.4 Å². The summed E-state index contributed by atoms with van der Waals surface area (Å²) in [4.78, 5) is -0.437. The van der Waals surface area contributed by atoms with E-state index in [0.717, 1.165) is 24.0 Å². The van der Waals surface area contributed by atoms with Gasteiger partial charge in [0, 0.05) is 11.7 Å². The van der Waals surface area contributed by atoms with Crippen molar-refractivity contribution in [3.63, 3.8) is 0 Å². The van der Waals surface area contributed by atoms with Crippen LogP contribution in [0, 0.1) is 5.82 Å². The van der Waals surface area contributed by atoms with Crippen LogP contribution in [0.15, 0.2) is 41.3 Å². The number of halogens is 3. The first-order valence-corrected chi connectivity index (χ1v) is 9.09. The number of nitrogens with one attached hydrogen (secondary N) is 1. The fourth-order valence-electron chi connectivity index (χ4n) is 2.90. The van der Waals surface area contributed by atoms with Crippen molar-refractivity contribution in [1.82, 2.24) is 4.72 Å². The first-order valence-electron chi connectivity index (χ1n) is 7.23. The van der Waals surface area contributed by atoms with Crippen LogP contribution in [0.4, 0.5) is 10.1 Å². The molecule has 0 heterocycles. The van der Waals surface area contributed by atoms with E-state index in [-0.39, 0.29) is 17.4 Å². The summed E-state index contributed by atoms with van der Waals surface area (Å²) in [6.07, 6.45) is 2.34. The van der Waals surface area contributed by atoms with E-state index in [1.807, 2.05) is 12.1 Å². The summed E-state index contributed by atoms with van der Waals surface area (Å²) in [6, 6.07) is 8.95. The average Bonchev–Trinajstić information content (AvgIpc) is 2.49. The zero-order valence-corrected chi connectivity index (χ0v) is 15.0. The molecule has 0 aromatic heterocycles. The highest BCUT2D eigenvalue weighted by atomic mass is 35.5. The van der Waals surface area contributed by atoms with Crippen molar-refractivity contribution in [3.05, 3.63) is 58.4 Å². The lowest BCUT2D eigenvalue weighted by molar-refractivity contribution is 0.502. The minimum Gasteiger partial charge on any atom is -0.399 e. The molecular weight excluding hydrogens is 374 g/mol. The Morgan fingerprint density at radius 1 is 1.25 bits per heavy atom. The molecule has 3 N–H and O–H groups in total. The number of hydrogen-bond acceptors (Lipinski definition) is 3. The first kappa shape index (κ1) is 19.0. The van der Waals surface area contributed by atoms with Crippen molar-refractivity contribution >= 4 is 39.7 Å². The van der Waals surface area contributed by atoms with Gasteiger partial charge in [0.25, 0.3) is 0 Å². The SMILES string of the molecule is Cl.Nc1ccc2c(c1)CCCC2NS(=O)(=O)c1cccc(Cl)c1F. The number of fused-ring (bicyclic) bond motifs is 1. The summed E-state index contributed by atoms with van der Waals surface area (Å²) in [5, 5.41) is -0.218. The van der Waals surface area contributed by atoms with E-state index in [0.29, 0.717) is 12.1 Å². The van der Waals surface area contributed by atoms with Gasteiger partial charge in [0.05, 0.1) is 5.02 Å². The highest BCUT2D eigenvalue weighted by Gasteiger charge is 2.28. The van der Waals surface area contributed by atoms with Gasteiger partial charge in [-0.1, -0.05) is 23.7 Å². The molecule has 4 nitrogen and oxygen atoms in total. The molecule has 0 spiro atoms. The number of rotatable bonds is 3. The molecule has 130 valence electrons. The molecular formula is C16H17Cl2FN2O2S. The van der Waals surface area contributed by atoms with Crippen LogP contribution < -0.4 is 10.5 Å². The van der Waals surface area contributed by atoms with Gasteiger partial charge in [-0.25, -0.2) is 17.5 Å². The molecule has 24 heavy (non-hydrogen) atoms. The Bertz CT molecular complexity index is 859. The van der Waals surface area contributed by atoms with Crippen molar-refractivity contribution in [2.75, 3.05) is 5.73 Å². The summed E-state index contributed by atoms with van der Waals surface area (Å²) < 4.78 is 41.7. The lowest BCUT2D eigenvalue weighted by atomic mass is 9.88. The van der Waals surface area contributed by atoms with Gasteiger partial charge in [-0.2, -0.15) is 0 Å². The molecule has 1 aliphatic carbocycles. The summed E-state index contributed by atoms with van der Waals surface area (Å²) in [7, 11) is -4.01. The Kier molecular flexibility index (Phi) is 5.75. The number of sulfonamides is 1. The quantitative estimate of drug-likeness (QED) is 0.781. The van der Waals surface area contributed by atoms with Gasteiger partial charge >= 0.3 is 0 Å². The van der Waals surface area contributed by atoms with Crippen LogP contribution in [0.2, 0.25) is 5.02 Å². The van der Waals surface area contributed by atoms with Gasteiger partial charge < -0.3 is 5.73 Å². The third-order valence-electron chi connectivity index (χ3n) is 3.98. The Morgan fingerprint density at radius 2 is 2.00 bits per heavy atom. The third-order valence-corrected chi connectivity index (χ3v) is 5.77. The molecule has 0 bridgehead atoms. The maximum atomic E-state index is 14.0. The first-order chi connectivity index (χ1) is 10.9. The van der Waals surface area contributed by atoms with Crippen molar-refractivity contribution in [1.29, 1.82) is 0 Å². The molecule has 2 aromatic carbocycles. The van der Waals surface area contributed by atoms with Gasteiger partial charge in [0.1, 0.15) is 4.90 Å². The molecule has 0 fully saturated rings. The number of anilines is 1. The molecule has 8 heteroatoms. The number of nitrogen functional groups attached to an aromatic ring is 1. The van der Waals surface area contributed by atoms with Crippen LogP contribution in [0.1, 0.15) is 30.0 Å². The zero-order valence-electron chi connectivity index (χ0n) is 12.6. The third kappa shape index (κ3) is 3.67. The van der Waals surface area contributed by atoms with E-state index in [1.54, 1.807) is 6.07 Å². The standard InChI is InChI=1S/C16H16ClFN2O2S.ClH/c17-13-4-2-6-15(16(13)18)23(21,22)20-14-5-1-3-10-9-11(19)7-8-12(10)14;/h2,4,6-9,14,20H,1,3,5,19H2;1H. The van der Waals surface area contributed by atoms with Crippen LogP contribution >= 0.6 is 24.0 Å². The molecule has 0 radical (unpaired) electrons. The molecule has 0 aliphatic heterocycles. The van der Waals surface area contributed by atoms with Crippen molar-refractivity contribution in [2.24, 2.45) is 0 Å². The normalized spacial score (nSPS) is 17.0. The van der Waals surface area contributed by atoms with Crippen LogP contribution in [-0.2, 0) is 16.4 Å². The van der Waals surface area contributed by atoms with E-state index < -0.39 is 26.8 Å². The summed E-state index contributed by atoms with van der Waals surface area (Å²) in [6.45, 7) is 0. The molecule has 1 aliphatic rings. The van der Waals surface area contributed by atoms with Gasteiger partial charge in [-0.05, 0) is 54.7 Å². The predicted molar refractivity (Wildman–Crippen MR) is 95.5 cm³/mol. The predicted octanol–water partition coefficient (Wildman–Crippen LogP) is 3.84. The maximum Gasteiger partial charge on any atom is 0.244 e. The van der Waals surface area contributed by atoms with E-state index in [2.05, 4.69) is 4.72 Å².